The number of allylic oxidation sites excluding steroid dienone is 2. The molecule has 3 N–H and O–H groups in total. The second kappa shape index (κ2) is 6.88. The van der Waals surface area contributed by atoms with Crippen LogP contribution in [0.5, 0.6) is 0 Å². The van der Waals surface area contributed by atoms with Gasteiger partial charge in [0, 0.05) is 13.0 Å². The van der Waals surface area contributed by atoms with Crippen LogP contribution >= 0.6 is 0 Å². The van der Waals surface area contributed by atoms with Crippen LogP contribution in [0.3, 0.4) is 0 Å². The molecule has 1 saturated heterocycles. The topological polar surface area (TPSA) is 110 Å². The molecule has 1 aromatic rings. The van der Waals surface area contributed by atoms with Crippen molar-refractivity contribution in [2.24, 2.45) is 17.6 Å². The lowest BCUT2D eigenvalue weighted by Gasteiger charge is -2.15. The monoisotopic (exact) mass is 341 g/mol. The van der Waals surface area contributed by atoms with Gasteiger partial charge in [0.1, 0.15) is 0 Å². The Labute approximate surface area is 144 Å². The number of anilines is 1. The summed E-state index contributed by atoms with van der Waals surface area (Å²) in [5, 5.41) is 2.61. The predicted molar refractivity (Wildman–Crippen MR) is 90.3 cm³/mol. The van der Waals surface area contributed by atoms with Crippen molar-refractivity contribution >= 4 is 29.3 Å². The molecule has 0 saturated carbocycles. The van der Waals surface area contributed by atoms with Gasteiger partial charge < -0.3 is 11.1 Å². The van der Waals surface area contributed by atoms with Gasteiger partial charge in [-0.25, -0.2) is 0 Å². The number of carbonyl (C=O) groups is 4. The van der Waals surface area contributed by atoms with Crippen molar-refractivity contribution in [1.29, 1.82) is 0 Å². The summed E-state index contributed by atoms with van der Waals surface area (Å²) in [6.07, 6.45) is 4.96. The van der Waals surface area contributed by atoms with Gasteiger partial charge in [-0.3, -0.25) is 24.1 Å². The van der Waals surface area contributed by atoms with Crippen molar-refractivity contribution in [3.8, 4) is 0 Å². The molecular weight excluding hydrogens is 322 g/mol. The molecule has 0 bridgehead atoms. The molecule has 0 unspecified atom stereocenters. The maximum absolute atomic E-state index is 12.3. The van der Waals surface area contributed by atoms with E-state index < -0.39 is 5.91 Å². The van der Waals surface area contributed by atoms with E-state index in [1.165, 1.54) is 11.0 Å². The molecular formula is C18H19N3O4. The minimum absolute atomic E-state index is 0.0303. The standard InChI is InChI=1S/C18H19N3O4/c19-16(23)13-7-3-4-8-14(13)20-15(22)9-10-21-17(24)11-5-1-2-6-12(11)18(21)25/h1-4,7-8,11-12H,5-6,9-10H2,(H2,19,23)(H,20,22)/t11-,12+. The number of nitrogens with zero attached hydrogens (tertiary/aromatic N) is 1. The highest BCUT2D eigenvalue weighted by atomic mass is 16.2. The Hall–Kier alpha value is -2.96. The molecule has 0 radical (unpaired) electrons. The lowest BCUT2D eigenvalue weighted by molar-refractivity contribution is -0.140. The van der Waals surface area contributed by atoms with Crippen LogP contribution in [0.2, 0.25) is 0 Å². The van der Waals surface area contributed by atoms with Crippen molar-refractivity contribution in [2.45, 2.75) is 19.3 Å². The number of imide groups is 1. The van der Waals surface area contributed by atoms with Gasteiger partial charge in [0.25, 0.3) is 5.91 Å². The van der Waals surface area contributed by atoms with E-state index in [-0.39, 0.29) is 48.1 Å². The molecule has 1 aliphatic heterocycles. The zero-order valence-electron chi connectivity index (χ0n) is 13.6. The first kappa shape index (κ1) is 16.9. The number of para-hydroxylation sites is 1. The highest BCUT2D eigenvalue weighted by molar-refractivity contribution is 6.06. The quantitative estimate of drug-likeness (QED) is 0.616. The minimum Gasteiger partial charge on any atom is -0.366 e. The van der Waals surface area contributed by atoms with Crippen molar-refractivity contribution in [1.82, 2.24) is 4.90 Å². The van der Waals surface area contributed by atoms with Crippen LogP contribution < -0.4 is 11.1 Å². The van der Waals surface area contributed by atoms with E-state index in [0.29, 0.717) is 18.5 Å². The Bertz CT molecular complexity index is 745. The number of hydrogen-bond acceptors (Lipinski definition) is 4. The first-order valence-electron chi connectivity index (χ1n) is 8.18. The number of hydrogen-bond donors (Lipinski definition) is 2. The average Bonchev–Trinajstić information content (AvgIpc) is 2.85. The Morgan fingerprint density at radius 1 is 1.08 bits per heavy atom. The Kier molecular flexibility index (Phi) is 4.65. The third-order valence-electron chi connectivity index (χ3n) is 4.63. The molecule has 2 aliphatic rings. The Morgan fingerprint density at radius 3 is 2.28 bits per heavy atom. The SMILES string of the molecule is NC(=O)c1ccccc1NC(=O)CCN1C(=O)[C@H]2CC=CC[C@H]2C1=O. The van der Waals surface area contributed by atoms with Crippen LogP contribution in [0.25, 0.3) is 0 Å². The van der Waals surface area contributed by atoms with E-state index in [2.05, 4.69) is 5.32 Å². The van der Waals surface area contributed by atoms with Crippen molar-refractivity contribution in [3.63, 3.8) is 0 Å². The third-order valence-corrected chi connectivity index (χ3v) is 4.63. The highest BCUT2D eigenvalue weighted by Crippen LogP contribution is 2.35. The van der Waals surface area contributed by atoms with Crippen molar-refractivity contribution < 1.29 is 19.2 Å². The summed E-state index contributed by atoms with van der Waals surface area (Å²) in [6.45, 7) is 0.0369. The molecule has 130 valence electrons. The number of likely N-dealkylation sites (tertiary alicyclic amines) is 1. The molecule has 0 aromatic heterocycles. The van der Waals surface area contributed by atoms with Crippen LogP contribution in [0.1, 0.15) is 29.6 Å². The van der Waals surface area contributed by atoms with E-state index in [4.69, 9.17) is 5.73 Å². The molecule has 25 heavy (non-hydrogen) atoms. The normalized spacial score (nSPS) is 22.0. The zero-order valence-corrected chi connectivity index (χ0v) is 13.6. The Morgan fingerprint density at radius 2 is 1.68 bits per heavy atom. The predicted octanol–water partition coefficient (Wildman–Crippen LogP) is 1.07. The minimum atomic E-state index is -0.641. The summed E-state index contributed by atoms with van der Waals surface area (Å²) >= 11 is 0. The number of fused-ring (bicyclic) bond motifs is 1. The number of carbonyl (C=O) groups excluding carboxylic acids is 4. The molecule has 7 nitrogen and oxygen atoms in total. The number of nitrogens with two attached hydrogens (primary N) is 1. The van der Waals surface area contributed by atoms with E-state index in [0.717, 1.165) is 0 Å². The number of primary amides is 1. The number of benzene rings is 1. The molecule has 4 amide bonds. The van der Waals surface area contributed by atoms with E-state index in [1.54, 1.807) is 18.2 Å². The van der Waals surface area contributed by atoms with Crippen LogP contribution in [-0.2, 0) is 14.4 Å². The van der Waals surface area contributed by atoms with Gasteiger partial charge in [-0.05, 0) is 25.0 Å². The second-order valence-corrected chi connectivity index (χ2v) is 6.19. The van der Waals surface area contributed by atoms with E-state index in [1.807, 2.05) is 12.2 Å². The number of amides is 4. The summed E-state index contributed by atoms with van der Waals surface area (Å²) in [5.41, 5.74) is 5.80. The fourth-order valence-corrected chi connectivity index (χ4v) is 3.32. The molecule has 3 rings (SSSR count). The van der Waals surface area contributed by atoms with Gasteiger partial charge in [0.05, 0.1) is 23.1 Å². The summed E-state index contributed by atoms with van der Waals surface area (Å²) in [4.78, 5) is 49.4. The molecule has 1 aromatic carbocycles. The maximum Gasteiger partial charge on any atom is 0.250 e. The summed E-state index contributed by atoms with van der Waals surface area (Å²) in [5.74, 6) is -2.03. The largest absolute Gasteiger partial charge is 0.366 e. The van der Waals surface area contributed by atoms with Crippen LogP contribution in [0.4, 0.5) is 5.69 Å². The second-order valence-electron chi connectivity index (χ2n) is 6.19. The lowest BCUT2D eigenvalue weighted by atomic mass is 9.85. The molecule has 1 fully saturated rings. The summed E-state index contributed by atoms with van der Waals surface area (Å²) in [7, 11) is 0. The first-order valence-corrected chi connectivity index (χ1v) is 8.18. The number of nitrogens with one attached hydrogen (secondary N) is 1. The lowest BCUT2D eigenvalue weighted by Crippen LogP contribution is -2.34. The summed E-state index contributed by atoms with van der Waals surface area (Å²) < 4.78 is 0. The highest BCUT2D eigenvalue weighted by Gasteiger charge is 2.46. The first-order chi connectivity index (χ1) is 12.0. The number of rotatable bonds is 5. The molecule has 0 spiro atoms. The van der Waals surface area contributed by atoms with E-state index in [9.17, 15) is 19.2 Å². The fraction of sp³-hybridized carbons (Fsp3) is 0.333. The molecule has 1 heterocycles. The Balaban J connectivity index is 1.61. The average molecular weight is 341 g/mol. The third kappa shape index (κ3) is 3.31. The van der Waals surface area contributed by atoms with Gasteiger partial charge in [-0.15, -0.1) is 0 Å². The van der Waals surface area contributed by atoms with Crippen LogP contribution in [-0.4, -0.2) is 35.1 Å². The zero-order chi connectivity index (χ0) is 18.0. The molecule has 7 heteroatoms. The van der Waals surface area contributed by atoms with Gasteiger partial charge >= 0.3 is 0 Å². The van der Waals surface area contributed by atoms with Gasteiger partial charge in [0.15, 0.2) is 0 Å². The molecule has 2 atom stereocenters. The van der Waals surface area contributed by atoms with Crippen molar-refractivity contribution in [3.05, 3.63) is 42.0 Å². The van der Waals surface area contributed by atoms with Crippen molar-refractivity contribution in [2.75, 3.05) is 11.9 Å². The van der Waals surface area contributed by atoms with E-state index >= 15 is 0 Å². The van der Waals surface area contributed by atoms with Gasteiger partial charge in [-0.2, -0.15) is 0 Å². The fourth-order valence-electron chi connectivity index (χ4n) is 3.32. The van der Waals surface area contributed by atoms with Gasteiger partial charge in [0.2, 0.25) is 17.7 Å². The molecule has 1 aliphatic carbocycles. The maximum atomic E-state index is 12.3. The van der Waals surface area contributed by atoms with Crippen LogP contribution in [0.15, 0.2) is 36.4 Å². The summed E-state index contributed by atoms with van der Waals surface area (Å²) in [6, 6.07) is 6.41. The van der Waals surface area contributed by atoms with Crippen LogP contribution in [0, 0.1) is 11.8 Å². The smallest absolute Gasteiger partial charge is 0.250 e. The van der Waals surface area contributed by atoms with Gasteiger partial charge in [-0.1, -0.05) is 24.3 Å².